The van der Waals surface area contributed by atoms with Gasteiger partial charge in [0.15, 0.2) is 5.78 Å². The summed E-state index contributed by atoms with van der Waals surface area (Å²) in [6.07, 6.45) is 0. The maximum absolute atomic E-state index is 15.9. The Morgan fingerprint density at radius 2 is 0.958 bits per heavy atom. The number of anilines is 1. The van der Waals surface area contributed by atoms with Crippen molar-refractivity contribution < 1.29 is 19.3 Å². The molecule has 234 valence electrons. The third kappa shape index (κ3) is 3.86. The molecule has 2 amide bonds. The number of allylic oxidation sites excluding steroid dienone is 2. The first kappa shape index (κ1) is 30.0. The highest BCUT2D eigenvalue weighted by Crippen LogP contribution is 2.74. The van der Waals surface area contributed by atoms with Gasteiger partial charge < -0.3 is 0 Å². The second-order valence-electron chi connectivity index (χ2n) is 12.2. The van der Waals surface area contributed by atoms with E-state index in [1.807, 2.05) is 60.7 Å². The van der Waals surface area contributed by atoms with Gasteiger partial charge in [-0.3, -0.25) is 24.5 Å². The fraction of sp³-hybridized carbons (Fsp3) is 0.103. The molecular weight excluding hydrogens is 647 g/mol. The van der Waals surface area contributed by atoms with Crippen LogP contribution in [-0.4, -0.2) is 22.5 Å². The molecule has 0 unspecified atom stereocenters. The number of Topliss-reactive ketones (excluding diaryl/α,β-unsaturated/α-hetero) is 1. The number of nitro groups is 1. The molecule has 8 rings (SSSR count). The molecule has 7 nitrogen and oxygen atoms in total. The smallest absolute Gasteiger partial charge is 0.269 e. The molecule has 9 heteroatoms. The molecule has 1 aliphatic heterocycles. The van der Waals surface area contributed by atoms with Gasteiger partial charge in [-0.05, 0) is 69.8 Å². The second kappa shape index (κ2) is 10.8. The summed E-state index contributed by atoms with van der Waals surface area (Å²) in [5.74, 6) is -3.69. The Labute approximate surface area is 285 Å². The van der Waals surface area contributed by atoms with Crippen LogP contribution in [0.3, 0.4) is 0 Å². The van der Waals surface area contributed by atoms with E-state index in [1.165, 1.54) is 24.3 Å². The number of nitro benzene ring substituents is 1. The number of imide groups is 1. The number of amides is 2. The third-order valence-corrected chi connectivity index (χ3v) is 10.5. The van der Waals surface area contributed by atoms with Crippen molar-refractivity contribution in [2.75, 3.05) is 4.90 Å². The van der Waals surface area contributed by atoms with Crippen LogP contribution in [0.25, 0.3) is 11.1 Å². The van der Waals surface area contributed by atoms with Crippen LogP contribution in [0.4, 0.5) is 11.4 Å². The average Bonchev–Trinajstić information content (AvgIpc) is 3.61. The number of benzene rings is 5. The standard InChI is InChI=1S/C39H24Cl2N2O5/c40-27-15-11-25(12-16-27)38-31(23-7-3-1-4-8-23)32(24-9-5-2-6-10-24)39(37(38)46,26-13-17-28(41)18-14-26)34-33(38)35(44)42(36(34)45)29-19-21-30(22-20-29)43(47)48/h1-22,33-34H/t33-,34-,38-,39+/m1/s1. The largest absolute Gasteiger partial charge is 0.297 e. The summed E-state index contributed by atoms with van der Waals surface area (Å²) >= 11 is 12.8. The number of nitrogens with zero attached hydrogens (tertiary/aromatic N) is 2. The third-order valence-electron chi connectivity index (χ3n) is 10.0. The molecule has 1 saturated heterocycles. The van der Waals surface area contributed by atoms with Gasteiger partial charge in [0.1, 0.15) is 0 Å². The number of carbonyl (C=O) groups is 3. The second-order valence-corrected chi connectivity index (χ2v) is 13.1. The summed E-state index contributed by atoms with van der Waals surface area (Å²) in [5, 5.41) is 12.3. The minimum Gasteiger partial charge on any atom is -0.297 e. The fourth-order valence-corrected chi connectivity index (χ4v) is 8.59. The number of non-ortho nitro benzene ring substituents is 1. The monoisotopic (exact) mass is 670 g/mol. The molecule has 4 atom stereocenters. The van der Waals surface area contributed by atoms with Crippen molar-refractivity contribution >= 4 is 63.3 Å². The first-order chi connectivity index (χ1) is 23.2. The quantitative estimate of drug-likeness (QED) is 0.103. The van der Waals surface area contributed by atoms with Gasteiger partial charge in [-0.15, -0.1) is 0 Å². The predicted molar refractivity (Wildman–Crippen MR) is 184 cm³/mol. The molecule has 48 heavy (non-hydrogen) atoms. The molecule has 5 aromatic carbocycles. The van der Waals surface area contributed by atoms with E-state index in [0.717, 1.165) is 16.0 Å². The first-order valence-electron chi connectivity index (χ1n) is 15.3. The molecule has 5 aromatic rings. The molecule has 0 spiro atoms. The van der Waals surface area contributed by atoms with Gasteiger partial charge in [0, 0.05) is 22.2 Å². The van der Waals surface area contributed by atoms with Gasteiger partial charge in [0.2, 0.25) is 11.8 Å². The highest BCUT2D eigenvalue weighted by atomic mass is 35.5. The van der Waals surface area contributed by atoms with Gasteiger partial charge in [-0.2, -0.15) is 0 Å². The number of halogens is 2. The van der Waals surface area contributed by atoms with Crippen molar-refractivity contribution in [3.63, 3.8) is 0 Å². The zero-order chi connectivity index (χ0) is 33.4. The van der Waals surface area contributed by atoms with Crippen LogP contribution in [-0.2, 0) is 25.2 Å². The van der Waals surface area contributed by atoms with E-state index in [9.17, 15) is 19.7 Å². The summed E-state index contributed by atoms with van der Waals surface area (Å²) in [6, 6.07) is 38.1. The number of fused-ring (bicyclic) bond motifs is 5. The van der Waals surface area contributed by atoms with Crippen molar-refractivity contribution in [2.45, 2.75) is 10.8 Å². The van der Waals surface area contributed by atoms with E-state index >= 15 is 4.79 Å². The summed E-state index contributed by atoms with van der Waals surface area (Å²) < 4.78 is 0. The number of ketones is 1. The SMILES string of the molecule is O=C1[C@H]2[C@H](C(=O)N1c1ccc([N+](=O)[O-])cc1)[C@]1(c3ccc(Cl)cc3)C(=O)[C@@]2(c2ccc(Cl)cc2)C(c2ccccc2)=C1c1ccccc1. The minimum atomic E-state index is -1.61. The molecule has 0 N–H and O–H groups in total. The summed E-state index contributed by atoms with van der Waals surface area (Å²) in [7, 11) is 0. The van der Waals surface area contributed by atoms with Crippen LogP contribution in [0.2, 0.25) is 10.0 Å². The van der Waals surface area contributed by atoms with Gasteiger partial charge in [0.05, 0.1) is 33.3 Å². The summed E-state index contributed by atoms with van der Waals surface area (Å²) in [5.41, 5.74) is 0.645. The van der Waals surface area contributed by atoms with Crippen molar-refractivity contribution in [1.29, 1.82) is 0 Å². The highest BCUT2D eigenvalue weighted by molar-refractivity contribution is 6.39. The number of hydrogen-bond acceptors (Lipinski definition) is 5. The normalized spacial score (nSPS) is 24.4. The van der Waals surface area contributed by atoms with Crippen molar-refractivity contribution in [1.82, 2.24) is 0 Å². The van der Waals surface area contributed by atoms with Gasteiger partial charge in [-0.1, -0.05) is 108 Å². The number of hydrogen-bond donors (Lipinski definition) is 0. The van der Waals surface area contributed by atoms with Crippen LogP contribution in [0.5, 0.6) is 0 Å². The van der Waals surface area contributed by atoms with E-state index in [2.05, 4.69) is 0 Å². The average molecular weight is 672 g/mol. The first-order valence-corrected chi connectivity index (χ1v) is 16.0. The Morgan fingerprint density at radius 1 is 0.562 bits per heavy atom. The van der Waals surface area contributed by atoms with Crippen molar-refractivity contribution in [2.24, 2.45) is 11.8 Å². The van der Waals surface area contributed by atoms with Crippen LogP contribution < -0.4 is 4.90 Å². The van der Waals surface area contributed by atoms with Crippen LogP contribution >= 0.6 is 23.2 Å². The Kier molecular flexibility index (Phi) is 6.77. The summed E-state index contributed by atoms with van der Waals surface area (Å²) in [4.78, 5) is 57.9. The molecule has 2 aliphatic carbocycles. The molecule has 0 aromatic heterocycles. The highest BCUT2D eigenvalue weighted by Gasteiger charge is 2.82. The van der Waals surface area contributed by atoms with E-state index in [4.69, 9.17) is 23.2 Å². The molecule has 0 radical (unpaired) electrons. The Morgan fingerprint density at radius 3 is 1.33 bits per heavy atom. The Bertz CT molecular complexity index is 2060. The maximum atomic E-state index is 15.9. The molecular formula is C39H24Cl2N2O5. The predicted octanol–water partition coefficient (Wildman–Crippen LogP) is 8.09. The maximum Gasteiger partial charge on any atom is 0.269 e. The van der Waals surface area contributed by atoms with E-state index in [-0.39, 0.29) is 17.2 Å². The van der Waals surface area contributed by atoms with Gasteiger partial charge >= 0.3 is 0 Å². The lowest BCUT2D eigenvalue weighted by atomic mass is 9.59. The van der Waals surface area contributed by atoms with E-state index in [0.29, 0.717) is 32.3 Å². The molecule has 2 bridgehead atoms. The number of rotatable bonds is 6. The topological polar surface area (TPSA) is 97.6 Å². The Hall–Kier alpha value is -5.37. The fourth-order valence-electron chi connectivity index (χ4n) is 8.34. The van der Waals surface area contributed by atoms with Crippen LogP contribution in [0.1, 0.15) is 22.3 Å². The molecule has 2 fully saturated rings. The molecule has 3 aliphatic rings. The summed E-state index contributed by atoms with van der Waals surface area (Å²) in [6.45, 7) is 0. The van der Waals surface area contributed by atoms with Crippen molar-refractivity contribution in [3.05, 3.63) is 176 Å². The van der Waals surface area contributed by atoms with Crippen molar-refractivity contribution in [3.8, 4) is 0 Å². The molecule has 1 heterocycles. The lowest BCUT2D eigenvalue weighted by Crippen LogP contribution is -2.45. The zero-order valence-corrected chi connectivity index (χ0v) is 26.6. The van der Waals surface area contributed by atoms with Crippen LogP contribution in [0, 0.1) is 22.0 Å². The lowest BCUT2D eigenvalue weighted by Gasteiger charge is -2.39. The Balaban J connectivity index is 1.52. The van der Waals surface area contributed by atoms with Crippen LogP contribution in [0.15, 0.2) is 133 Å². The van der Waals surface area contributed by atoms with Gasteiger partial charge in [-0.25, -0.2) is 4.90 Å². The minimum absolute atomic E-state index is 0.178. The van der Waals surface area contributed by atoms with E-state index in [1.54, 1.807) is 48.5 Å². The molecule has 1 saturated carbocycles. The zero-order valence-electron chi connectivity index (χ0n) is 25.0. The van der Waals surface area contributed by atoms with Gasteiger partial charge in [0.25, 0.3) is 5.69 Å². The van der Waals surface area contributed by atoms with E-state index < -0.39 is 39.4 Å². The lowest BCUT2D eigenvalue weighted by molar-refractivity contribution is -0.384. The number of carbonyl (C=O) groups excluding carboxylic acids is 3.